The fourth-order valence-electron chi connectivity index (χ4n) is 3.82. The first-order valence-electron chi connectivity index (χ1n) is 10.5. The Bertz CT molecular complexity index is 735. The van der Waals surface area contributed by atoms with Gasteiger partial charge in [0.2, 0.25) is 11.8 Å². The highest BCUT2D eigenvalue weighted by Gasteiger charge is 2.38. The van der Waals surface area contributed by atoms with Crippen molar-refractivity contribution in [2.75, 3.05) is 19.8 Å². The Morgan fingerprint density at radius 2 is 2.07 bits per heavy atom. The van der Waals surface area contributed by atoms with Crippen LogP contribution in [-0.4, -0.2) is 60.7 Å². The molecule has 0 bridgehead atoms. The van der Waals surface area contributed by atoms with Crippen molar-refractivity contribution in [1.82, 2.24) is 10.2 Å². The van der Waals surface area contributed by atoms with Crippen LogP contribution >= 0.6 is 0 Å². The number of aliphatic imine (C=N–C) groups is 1. The molecule has 1 aromatic rings. The van der Waals surface area contributed by atoms with Crippen LogP contribution in [0.5, 0.6) is 0 Å². The minimum absolute atomic E-state index is 0.0491. The molecule has 158 valence electrons. The summed E-state index contributed by atoms with van der Waals surface area (Å²) in [5.74, 6) is 0.521. The largest absolute Gasteiger partial charge is 0.477 e. The van der Waals surface area contributed by atoms with Gasteiger partial charge in [0.05, 0.1) is 12.6 Å². The number of ether oxygens (including phenoxy) is 2. The molecule has 0 saturated carbocycles. The Labute approximate surface area is 172 Å². The van der Waals surface area contributed by atoms with E-state index in [0.29, 0.717) is 32.1 Å². The SMILES string of the molecule is CCOC(=O)N1CCC[C@H]1C(=O)N[C@H](C1=N[C@H](Cc2ccccc2)CO1)C(C)C. The van der Waals surface area contributed by atoms with Gasteiger partial charge in [0.25, 0.3) is 0 Å². The minimum Gasteiger partial charge on any atom is -0.477 e. The van der Waals surface area contributed by atoms with E-state index < -0.39 is 12.1 Å². The molecule has 2 aliphatic heterocycles. The molecular formula is C22H31N3O4. The van der Waals surface area contributed by atoms with Gasteiger partial charge < -0.3 is 14.8 Å². The molecule has 2 heterocycles. The average molecular weight is 402 g/mol. The summed E-state index contributed by atoms with van der Waals surface area (Å²) in [6.07, 6.45) is 1.81. The first-order valence-corrected chi connectivity index (χ1v) is 10.5. The van der Waals surface area contributed by atoms with E-state index in [0.717, 1.165) is 12.8 Å². The van der Waals surface area contributed by atoms with Crippen molar-refractivity contribution in [2.45, 2.75) is 58.2 Å². The molecule has 3 atom stereocenters. The van der Waals surface area contributed by atoms with E-state index in [1.165, 1.54) is 10.5 Å². The predicted molar refractivity (Wildman–Crippen MR) is 111 cm³/mol. The average Bonchev–Trinajstić information content (AvgIpc) is 3.36. The highest BCUT2D eigenvalue weighted by molar-refractivity contribution is 5.92. The zero-order valence-corrected chi connectivity index (χ0v) is 17.5. The van der Waals surface area contributed by atoms with Crippen LogP contribution in [0.4, 0.5) is 4.79 Å². The number of rotatable bonds is 7. The molecule has 0 spiro atoms. The molecule has 0 unspecified atom stereocenters. The number of benzene rings is 1. The molecule has 0 radical (unpaired) electrons. The van der Waals surface area contributed by atoms with E-state index in [9.17, 15) is 9.59 Å². The summed E-state index contributed by atoms with van der Waals surface area (Å²) in [5, 5.41) is 3.07. The molecule has 1 fully saturated rings. The van der Waals surface area contributed by atoms with Gasteiger partial charge in [-0.3, -0.25) is 9.69 Å². The smallest absolute Gasteiger partial charge is 0.410 e. The normalized spacial score (nSPS) is 22.2. The van der Waals surface area contributed by atoms with Crippen LogP contribution in [-0.2, 0) is 20.7 Å². The molecule has 29 heavy (non-hydrogen) atoms. The summed E-state index contributed by atoms with van der Waals surface area (Å²) in [7, 11) is 0. The quantitative estimate of drug-likeness (QED) is 0.762. The fourth-order valence-corrected chi connectivity index (χ4v) is 3.82. The summed E-state index contributed by atoms with van der Waals surface area (Å²) in [4.78, 5) is 31.3. The summed E-state index contributed by atoms with van der Waals surface area (Å²) >= 11 is 0. The highest BCUT2D eigenvalue weighted by atomic mass is 16.6. The first-order chi connectivity index (χ1) is 14.0. The zero-order chi connectivity index (χ0) is 20.8. The second-order valence-electron chi connectivity index (χ2n) is 7.90. The van der Waals surface area contributed by atoms with E-state index in [1.54, 1.807) is 6.92 Å². The zero-order valence-electron chi connectivity index (χ0n) is 17.5. The Hall–Kier alpha value is -2.57. The molecule has 1 saturated heterocycles. The van der Waals surface area contributed by atoms with Gasteiger partial charge in [0.1, 0.15) is 18.7 Å². The van der Waals surface area contributed by atoms with Gasteiger partial charge in [-0.2, -0.15) is 0 Å². The molecule has 1 N–H and O–H groups in total. The molecule has 7 heteroatoms. The molecule has 2 aliphatic rings. The molecule has 3 rings (SSSR count). The van der Waals surface area contributed by atoms with Gasteiger partial charge in [0.15, 0.2) is 0 Å². The summed E-state index contributed by atoms with van der Waals surface area (Å²) in [5.41, 5.74) is 1.22. The lowest BCUT2D eigenvalue weighted by molar-refractivity contribution is -0.125. The van der Waals surface area contributed by atoms with E-state index in [4.69, 9.17) is 14.5 Å². The van der Waals surface area contributed by atoms with Crippen molar-refractivity contribution in [3.05, 3.63) is 35.9 Å². The lowest BCUT2D eigenvalue weighted by atomic mass is 10.0. The molecule has 1 aromatic carbocycles. The number of hydrogen-bond donors (Lipinski definition) is 1. The van der Waals surface area contributed by atoms with E-state index in [1.807, 2.05) is 32.0 Å². The highest BCUT2D eigenvalue weighted by Crippen LogP contribution is 2.21. The Kier molecular flexibility index (Phi) is 7.12. The van der Waals surface area contributed by atoms with Crippen LogP contribution in [0, 0.1) is 5.92 Å². The summed E-state index contributed by atoms with van der Waals surface area (Å²) < 4.78 is 11.0. The molecular weight excluding hydrogens is 370 g/mol. The van der Waals surface area contributed by atoms with Gasteiger partial charge in [-0.15, -0.1) is 0 Å². The monoisotopic (exact) mass is 401 g/mol. The van der Waals surface area contributed by atoms with Crippen LogP contribution in [0.1, 0.15) is 39.2 Å². The molecule has 2 amide bonds. The number of nitrogens with zero attached hydrogens (tertiary/aromatic N) is 2. The number of carbonyl (C=O) groups is 2. The summed E-state index contributed by atoms with van der Waals surface area (Å²) in [6.45, 7) is 7.17. The van der Waals surface area contributed by atoms with E-state index >= 15 is 0 Å². The maximum atomic E-state index is 12.9. The van der Waals surface area contributed by atoms with Gasteiger partial charge in [-0.25, -0.2) is 9.79 Å². The third-order valence-electron chi connectivity index (χ3n) is 5.34. The lowest BCUT2D eigenvalue weighted by Crippen LogP contribution is -2.52. The number of likely N-dealkylation sites (tertiary alicyclic amines) is 1. The Morgan fingerprint density at radius 1 is 1.31 bits per heavy atom. The van der Waals surface area contributed by atoms with Crippen LogP contribution in [0.15, 0.2) is 35.3 Å². The van der Waals surface area contributed by atoms with Gasteiger partial charge in [-0.05, 0) is 37.7 Å². The van der Waals surface area contributed by atoms with E-state index in [-0.39, 0.29) is 23.9 Å². The van der Waals surface area contributed by atoms with Crippen molar-refractivity contribution < 1.29 is 19.1 Å². The third-order valence-corrected chi connectivity index (χ3v) is 5.34. The molecule has 0 aliphatic carbocycles. The Morgan fingerprint density at radius 3 is 2.76 bits per heavy atom. The second kappa shape index (κ2) is 9.76. The van der Waals surface area contributed by atoms with Crippen molar-refractivity contribution in [3.8, 4) is 0 Å². The number of hydrogen-bond acceptors (Lipinski definition) is 5. The van der Waals surface area contributed by atoms with Crippen LogP contribution < -0.4 is 5.32 Å². The maximum Gasteiger partial charge on any atom is 0.410 e. The number of carbonyl (C=O) groups excluding carboxylic acids is 2. The van der Waals surface area contributed by atoms with Gasteiger partial charge in [-0.1, -0.05) is 44.2 Å². The lowest BCUT2D eigenvalue weighted by Gasteiger charge is -2.27. The van der Waals surface area contributed by atoms with Crippen molar-refractivity contribution in [1.29, 1.82) is 0 Å². The third kappa shape index (κ3) is 5.28. The van der Waals surface area contributed by atoms with Crippen molar-refractivity contribution in [2.24, 2.45) is 10.9 Å². The minimum atomic E-state index is -0.502. The van der Waals surface area contributed by atoms with Crippen LogP contribution in [0.25, 0.3) is 0 Å². The number of nitrogens with one attached hydrogen (secondary N) is 1. The van der Waals surface area contributed by atoms with Crippen LogP contribution in [0.2, 0.25) is 0 Å². The maximum absolute atomic E-state index is 12.9. The van der Waals surface area contributed by atoms with Crippen molar-refractivity contribution >= 4 is 17.9 Å². The second-order valence-corrected chi connectivity index (χ2v) is 7.90. The first kappa shape index (κ1) is 21.1. The van der Waals surface area contributed by atoms with Crippen molar-refractivity contribution in [3.63, 3.8) is 0 Å². The molecule has 7 nitrogen and oxygen atoms in total. The number of amides is 2. The van der Waals surface area contributed by atoms with Gasteiger partial charge >= 0.3 is 6.09 Å². The van der Waals surface area contributed by atoms with E-state index in [2.05, 4.69) is 17.4 Å². The summed E-state index contributed by atoms with van der Waals surface area (Å²) in [6, 6.07) is 9.43. The standard InChI is InChI=1S/C22H31N3O4/c1-4-28-22(27)25-12-8-11-18(25)20(26)24-19(15(2)3)21-23-17(14-29-21)13-16-9-6-5-7-10-16/h5-7,9-10,15,17-19H,4,8,11-14H2,1-3H3,(H,24,26)/t17-,18+,19+/m1/s1. The predicted octanol–water partition coefficient (Wildman–Crippen LogP) is 2.79. The topological polar surface area (TPSA) is 80.2 Å². The molecule has 0 aromatic heterocycles. The Balaban J connectivity index is 1.64. The van der Waals surface area contributed by atoms with Gasteiger partial charge in [0, 0.05) is 6.54 Å². The fraction of sp³-hybridized carbons (Fsp3) is 0.591. The van der Waals surface area contributed by atoms with Crippen LogP contribution in [0.3, 0.4) is 0 Å².